The van der Waals surface area contributed by atoms with Crippen LogP contribution in [0.4, 0.5) is 10.5 Å². The van der Waals surface area contributed by atoms with Crippen molar-refractivity contribution < 1.29 is 57.7 Å². The number of nitro benzene ring substituents is 1. The van der Waals surface area contributed by atoms with Crippen molar-refractivity contribution in [3.63, 3.8) is 0 Å². The Morgan fingerprint density at radius 3 is 2.21 bits per heavy atom. The third-order valence-corrected chi connectivity index (χ3v) is 6.03. The molecule has 1 aliphatic rings. The maximum atomic E-state index is 13.5. The van der Waals surface area contributed by atoms with Gasteiger partial charge in [0.25, 0.3) is 5.69 Å². The Morgan fingerprint density at radius 1 is 1.02 bits per heavy atom. The number of carbonyl (C=O) groups is 5. The van der Waals surface area contributed by atoms with Crippen molar-refractivity contribution in [3.05, 3.63) is 62.5 Å². The van der Waals surface area contributed by atoms with Crippen molar-refractivity contribution in [2.45, 2.75) is 52.2 Å². The van der Waals surface area contributed by atoms with Gasteiger partial charge in [0.1, 0.15) is 12.6 Å². The summed E-state index contributed by atoms with van der Waals surface area (Å²) in [5, 5.41) is 20.4. The molecular formula is C27H33N3O13. The zero-order chi connectivity index (χ0) is 32.4. The normalized spacial score (nSPS) is 15.6. The van der Waals surface area contributed by atoms with Crippen LogP contribution in [0.25, 0.3) is 0 Å². The molecule has 0 fully saturated rings. The summed E-state index contributed by atoms with van der Waals surface area (Å²) in [6.45, 7) is 4.78. The molecule has 0 saturated heterocycles. The van der Waals surface area contributed by atoms with Crippen LogP contribution in [0.5, 0.6) is 0 Å². The Balaban J connectivity index is 2.62. The number of nitrogens with zero attached hydrogens (tertiary/aromatic N) is 2. The topological polar surface area (TPSA) is 224 Å². The molecule has 234 valence electrons. The fourth-order valence-corrected chi connectivity index (χ4v) is 4.12. The average molecular weight is 608 g/mol. The summed E-state index contributed by atoms with van der Waals surface area (Å²) in [5.74, 6) is -5.64. The molecule has 1 unspecified atom stereocenters. The Bertz CT molecular complexity index is 1330. The number of amides is 1. The first-order valence-corrected chi connectivity index (χ1v) is 12.8. The van der Waals surface area contributed by atoms with Gasteiger partial charge < -0.3 is 34.5 Å². The van der Waals surface area contributed by atoms with Gasteiger partial charge in [0.2, 0.25) is 6.79 Å². The summed E-state index contributed by atoms with van der Waals surface area (Å²) < 4.78 is 25.4. The fourth-order valence-electron chi connectivity index (χ4n) is 4.12. The lowest BCUT2D eigenvalue weighted by molar-refractivity contribution is -0.384. The average Bonchev–Trinajstić information content (AvgIpc) is 2.92. The molecule has 0 radical (unpaired) electrons. The zero-order valence-electron chi connectivity index (χ0n) is 24.2. The van der Waals surface area contributed by atoms with Crippen molar-refractivity contribution in [1.82, 2.24) is 4.90 Å². The smallest absolute Gasteiger partial charge is 0.421 e. The van der Waals surface area contributed by atoms with E-state index in [-0.39, 0.29) is 47.0 Å². The molecule has 0 spiro atoms. The van der Waals surface area contributed by atoms with E-state index in [0.29, 0.717) is 0 Å². The van der Waals surface area contributed by atoms with Gasteiger partial charge in [0.15, 0.2) is 0 Å². The SMILES string of the molecule is COCCOC(=O)C1=C(C)N(C(=O)OCOC(=O)C[C@H](N)C(=O)O)C(C)=C(C(=O)OC(C)C)C1c1cccc([N+](=O)[O-])c1. The molecule has 3 N–H and O–H groups in total. The number of carboxylic acid groups (broad SMARTS) is 1. The first kappa shape index (κ1) is 34.4. The molecule has 1 aromatic carbocycles. The van der Waals surface area contributed by atoms with Gasteiger partial charge in [-0.25, -0.2) is 14.4 Å². The van der Waals surface area contributed by atoms with E-state index in [0.717, 1.165) is 4.90 Å². The second-order valence-electron chi connectivity index (χ2n) is 9.39. The number of nitrogens with two attached hydrogens (primary N) is 1. The molecular weight excluding hydrogens is 574 g/mol. The van der Waals surface area contributed by atoms with Crippen LogP contribution < -0.4 is 5.73 Å². The number of hydrogen-bond acceptors (Lipinski definition) is 13. The Morgan fingerprint density at radius 2 is 1.65 bits per heavy atom. The van der Waals surface area contributed by atoms with E-state index in [2.05, 4.69) is 0 Å². The highest BCUT2D eigenvalue weighted by Crippen LogP contribution is 2.44. The molecule has 0 aromatic heterocycles. The van der Waals surface area contributed by atoms with E-state index in [1.165, 1.54) is 45.2 Å². The monoisotopic (exact) mass is 607 g/mol. The second kappa shape index (κ2) is 15.4. The Hall–Kier alpha value is -4.83. The highest BCUT2D eigenvalue weighted by molar-refractivity contribution is 6.01. The van der Waals surface area contributed by atoms with Crippen LogP contribution in [0.3, 0.4) is 0 Å². The van der Waals surface area contributed by atoms with E-state index in [1.807, 2.05) is 0 Å². The van der Waals surface area contributed by atoms with Crippen LogP contribution in [-0.4, -0.2) is 84.2 Å². The molecule has 1 aromatic rings. The lowest BCUT2D eigenvalue weighted by Gasteiger charge is -2.36. The number of ether oxygens (including phenoxy) is 5. The number of allylic oxidation sites excluding steroid dienone is 2. The quantitative estimate of drug-likeness (QED) is 0.0818. The number of rotatable bonds is 13. The number of carboxylic acids is 1. The minimum absolute atomic E-state index is 0.0271. The number of carbonyl (C=O) groups excluding carboxylic acids is 4. The minimum Gasteiger partial charge on any atom is -0.480 e. The molecule has 16 heteroatoms. The lowest BCUT2D eigenvalue weighted by atomic mass is 9.79. The molecule has 1 amide bonds. The first-order chi connectivity index (χ1) is 20.2. The summed E-state index contributed by atoms with van der Waals surface area (Å²) >= 11 is 0. The summed E-state index contributed by atoms with van der Waals surface area (Å²) in [6, 6.07) is 3.73. The molecule has 2 rings (SSSR count). The maximum Gasteiger partial charge on any atom is 0.421 e. The van der Waals surface area contributed by atoms with Gasteiger partial charge in [-0.3, -0.25) is 24.6 Å². The highest BCUT2D eigenvalue weighted by atomic mass is 16.7. The van der Waals surface area contributed by atoms with E-state index in [4.69, 9.17) is 34.5 Å². The number of aliphatic carboxylic acids is 1. The molecule has 0 bridgehead atoms. The summed E-state index contributed by atoms with van der Waals surface area (Å²) in [7, 11) is 1.39. The van der Waals surface area contributed by atoms with Crippen LogP contribution in [0.1, 0.15) is 45.6 Å². The van der Waals surface area contributed by atoms with Gasteiger partial charge >= 0.3 is 30.0 Å². The molecule has 2 atom stereocenters. The van der Waals surface area contributed by atoms with Gasteiger partial charge in [-0.1, -0.05) is 12.1 Å². The molecule has 43 heavy (non-hydrogen) atoms. The summed E-state index contributed by atoms with van der Waals surface area (Å²) in [5.41, 5.74) is 4.61. The maximum absolute atomic E-state index is 13.5. The van der Waals surface area contributed by atoms with E-state index in [1.54, 1.807) is 13.8 Å². The predicted molar refractivity (Wildman–Crippen MR) is 145 cm³/mol. The second-order valence-corrected chi connectivity index (χ2v) is 9.39. The van der Waals surface area contributed by atoms with Crippen molar-refractivity contribution in [2.24, 2.45) is 5.73 Å². The summed E-state index contributed by atoms with van der Waals surface area (Å²) in [6.07, 6.45) is -2.50. The number of benzene rings is 1. The van der Waals surface area contributed by atoms with Gasteiger partial charge in [-0.15, -0.1) is 0 Å². The van der Waals surface area contributed by atoms with Gasteiger partial charge in [0, 0.05) is 30.6 Å². The van der Waals surface area contributed by atoms with Crippen LogP contribution >= 0.6 is 0 Å². The van der Waals surface area contributed by atoms with Gasteiger partial charge in [0.05, 0.1) is 41.1 Å². The summed E-state index contributed by atoms with van der Waals surface area (Å²) in [4.78, 5) is 74.7. The standard InChI is InChI=1S/C27H33N3O13/c1-14(2)43-26(35)22-16(4)29(27(36)42-13-41-20(31)12-19(28)24(32)33)15(3)21(25(34)40-10-9-39-5)23(22)17-7-6-8-18(11-17)30(37)38/h6-8,11,14,19,23H,9-10,12-13,28H2,1-5H3,(H,32,33)/t19-,23?/m0/s1. The number of non-ortho nitro benzene ring substituents is 1. The van der Waals surface area contributed by atoms with Gasteiger partial charge in [-0.05, 0) is 33.3 Å². The third kappa shape index (κ3) is 8.83. The van der Waals surface area contributed by atoms with Crippen molar-refractivity contribution >= 4 is 35.7 Å². The Kier molecular flexibility index (Phi) is 12.3. The van der Waals surface area contributed by atoms with Crippen molar-refractivity contribution in [1.29, 1.82) is 0 Å². The number of methoxy groups -OCH3 is 1. The Labute approximate surface area is 246 Å². The number of hydrogen-bond donors (Lipinski definition) is 2. The van der Waals surface area contributed by atoms with Crippen LogP contribution in [0.15, 0.2) is 46.8 Å². The molecule has 1 aliphatic heterocycles. The minimum atomic E-state index is -1.53. The van der Waals surface area contributed by atoms with Crippen LogP contribution in [0, 0.1) is 10.1 Å². The molecule has 0 saturated carbocycles. The van der Waals surface area contributed by atoms with E-state index in [9.17, 15) is 34.1 Å². The molecule has 16 nitrogen and oxygen atoms in total. The lowest BCUT2D eigenvalue weighted by Crippen LogP contribution is -2.39. The fraction of sp³-hybridized carbons (Fsp3) is 0.444. The predicted octanol–water partition coefficient (Wildman–Crippen LogP) is 2.12. The molecule has 1 heterocycles. The van der Waals surface area contributed by atoms with Gasteiger partial charge in [-0.2, -0.15) is 0 Å². The van der Waals surface area contributed by atoms with E-state index >= 15 is 0 Å². The highest BCUT2D eigenvalue weighted by Gasteiger charge is 2.43. The van der Waals surface area contributed by atoms with Crippen LogP contribution in [-0.2, 0) is 42.9 Å². The van der Waals surface area contributed by atoms with E-state index < -0.39 is 66.2 Å². The number of esters is 3. The molecule has 0 aliphatic carbocycles. The largest absolute Gasteiger partial charge is 0.480 e. The first-order valence-electron chi connectivity index (χ1n) is 12.8. The van der Waals surface area contributed by atoms with Crippen molar-refractivity contribution in [3.8, 4) is 0 Å². The van der Waals surface area contributed by atoms with Crippen LogP contribution in [0.2, 0.25) is 0 Å². The third-order valence-electron chi connectivity index (χ3n) is 6.03. The van der Waals surface area contributed by atoms with Crippen molar-refractivity contribution in [2.75, 3.05) is 27.1 Å². The number of nitro groups is 1. The zero-order valence-corrected chi connectivity index (χ0v) is 24.2.